The van der Waals surface area contributed by atoms with Crippen molar-refractivity contribution in [2.24, 2.45) is 0 Å². The lowest BCUT2D eigenvalue weighted by atomic mass is 9.67. The standard InChI is InChI=1S/C51H55N2/c1-38-6-8-39(9-7-38)40-10-12-42(13-11-40)45-20-26-48(27-21-45)51(32-36-53(4,5)37-33-51)49-28-22-46(23-29-49)43-16-14-41(15-17-43)44-18-24-47(25-19-44)50(2)30-34-52(3)35-31-50/h6-29H,30-37H2,1-5H3/q+1. The molecule has 0 N–H and O–H groups in total. The van der Waals surface area contributed by atoms with Crippen molar-refractivity contribution in [2.75, 3.05) is 47.3 Å². The summed E-state index contributed by atoms with van der Waals surface area (Å²) in [7, 11) is 7.00. The number of aryl methyl sites for hydroxylation is 1. The average Bonchev–Trinajstić information content (AvgIpc) is 3.20. The summed E-state index contributed by atoms with van der Waals surface area (Å²) in [5.74, 6) is 0. The molecular formula is C51H55N2+. The molecule has 0 amide bonds. The normalized spacial score (nSPS) is 18.1. The third kappa shape index (κ3) is 7.28. The third-order valence-corrected chi connectivity index (χ3v) is 13.0. The van der Waals surface area contributed by atoms with Gasteiger partial charge >= 0.3 is 0 Å². The number of rotatable bonds is 7. The van der Waals surface area contributed by atoms with Gasteiger partial charge in [-0.1, -0.05) is 158 Å². The molecule has 2 fully saturated rings. The van der Waals surface area contributed by atoms with Gasteiger partial charge in [-0.3, -0.25) is 0 Å². The predicted molar refractivity (Wildman–Crippen MR) is 225 cm³/mol. The first kappa shape index (κ1) is 35.3. The first-order valence-corrected chi connectivity index (χ1v) is 19.7. The fourth-order valence-electron chi connectivity index (χ4n) is 8.85. The van der Waals surface area contributed by atoms with Crippen LogP contribution in [0, 0.1) is 6.92 Å². The van der Waals surface area contributed by atoms with E-state index in [0.29, 0.717) is 0 Å². The number of nitrogens with zero attached hydrogens (tertiary/aromatic N) is 2. The van der Waals surface area contributed by atoms with E-state index in [1.807, 2.05) is 0 Å². The fraction of sp³-hybridized carbons (Fsp3) is 0.294. The Balaban J connectivity index is 1.00. The number of benzene rings is 6. The van der Waals surface area contributed by atoms with Crippen LogP contribution in [0.15, 0.2) is 146 Å². The lowest BCUT2D eigenvalue weighted by Crippen LogP contribution is -2.51. The van der Waals surface area contributed by atoms with E-state index in [2.05, 4.69) is 185 Å². The van der Waals surface area contributed by atoms with Gasteiger partial charge in [0.25, 0.3) is 0 Å². The van der Waals surface area contributed by atoms with Crippen LogP contribution in [0.4, 0.5) is 0 Å². The van der Waals surface area contributed by atoms with Crippen molar-refractivity contribution in [2.45, 2.75) is 50.4 Å². The van der Waals surface area contributed by atoms with Gasteiger partial charge in [0.2, 0.25) is 0 Å². The van der Waals surface area contributed by atoms with Gasteiger partial charge in [0, 0.05) is 18.3 Å². The average molecular weight is 696 g/mol. The van der Waals surface area contributed by atoms with Crippen molar-refractivity contribution >= 4 is 0 Å². The van der Waals surface area contributed by atoms with Gasteiger partial charge in [-0.05, 0) is 107 Å². The highest BCUT2D eigenvalue weighted by Gasteiger charge is 2.41. The van der Waals surface area contributed by atoms with Crippen LogP contribution in [0.5, 0.6) is 0 Å². The van der Waals surface area contributed by atoms with E-state index in [9.17, 15) is 0 Å². The number of quaternary nitrogens is 1. The zero-order valence-corrected chi connectivity index (χ0v) is 32.4. The molecule has 2 heteroatoms. The van der Waals surface area contributed by atoms with Gasteiger partial charge < -0.3 is 9.38 Å². The Morgan fingerprint density at radius 3 is 1.04 bits per heavy atom. The van der Waals surface area contributed by atoms with E-state index in [1.54, 1.807) is 0 Å². The van der Waals surface area contributed by atoms with Gasteiger partial charge in [0.05, 0.1) is 27.2 Å². The monoisotopic (exact) mass is 695 g/mol. The smallest absolute Gasteiger partial charge is 0.0794 e. The van der Waals surface area contributed by atoms with Crippen molar-refractivity contribution in [1.29, 1.82) is 0 Å². The van der Waals surface area contributed by atoms with Crippen LogP contribution in [-0.4, -0.2) is 56.7 Å². The first-order valence-electron chi connectivity index (χ1n) is 19.7. The Hall–Kier alpha value is -4.76. The molecule has 0 aliphatic carbocycles. The third-order valence-electron chi connectivity index (χ3n) is 13.0. The molecule has 0 bridgehead atoms. The SMILES string of the molecule is Cc1ccc(-c2ccc(-c3ccc(C4(c5ccc(-c6ccc(-c7ccc(C8(C)CCN(C)CC8)cc7)cc6)cc5)CC[N+](C)(C)CC4)cc3)cc2)cc1. The minimum Gasteiger partial charge on any atom is -0.328 e. The minimum atomic E-state index is 0.0146. The summed E-state index contributed by atoms with van der Waals surface area (Å²) in [6, 6.07) is 55.4. The van der Waals surface area contributed by atoms with E-state index in [-0.39, 0.29) is 10.8 Å². The van der Waals surface area contributed by atoms with E-state index in [4.69, 9.17) is 0 Å². The van der Waals surface area contributed by atoms with E-state index in [1.165, 1.54) is 106 Å². The molecule has 6 aromatic carbocycles. The molecule has 0 saturated carbocycles. The van der Waals surface area contributed by atoms with Crippen LogP contribution in [0.25, 0.3) is 44.5 Å². The van der Waals surface area contributed by atoms with Gasteiger partial charge in [0.1, 0.15) is 0 Å². The second-order valence-corrected chi connectivity index (χ2v) is 17.1. The molecule has 8 rings (SSSR count). The molecule has 2 aliphatic rings. The number of hydrogen-bond acceptors (Lipinski definition) is 1. The molecule has 0 spiro atoms. The molecule has 2 saturated heterocycles. The van der Waals surface area contributed by atoms with E-state index >= 15 is 0 Å². The van der Waals surface area contributed by atoms with Gasteiger partial charge in [-0.25, -0.2) is 0 Å². The van der Waals surface area contributed by atoms with E-state index < -0.39 is 0 Å². The summed E-state index contributed by atoms with van der Waals surface area (Å²) >= 11 is 0. The number of likely N-dealkylation sites (tertiary alicyclic amines) is 2. The summed E-state index contributed by atoms with van der Waals surface area (Å²) in [4.78, 5) is 2.45. The summed E-state index contributed by atoms with van der Waals surface area (Å²) in [5.41, 5.74) is 16.1. The Labute approximate surface area is 318 Å². The van der Waals surface area contributed by atoms with Crippen LogP contribution in [-0.2, 0) is 10.8 Å². The lowest BCUT2D eigenvalue weighted by molar-refractivity contribution is -0.896. The van der Waals surface area contributed by atoms with Crippen LogP contribution >= 0.6 is 0 Å². The van der Waals surface area contributed by atoms with Crippen molar-refractivity contribution in [3.8, 4) is 44.5 Å². The van der Waals surface area contributed by atoms with Crippen LogP contribution in [0.2, 0.25) is 0 Å². The van der Waals surface area contributed by atoms with Gasteiger partial charge in [0.15, 0.2) is 0 Å². The Bertz CT molecular complexity index is 2120. The van der Waals surface area contributed by atoms with Crippen molar-refractivity contribution in [1.82, 2.24) is 4.90 Å². The van der Waals surface area contributed by atoms with Crippen LogP contribution in [0.3, 0.4) is 0 Å². The molecule has 0 atom stereocenters. The maximum absolute atomic E-state index is 2.45. The summed E-state index contributed by atoms with van der Waals surface area (Å²) in [5, 5.41) is 0. The van der Waals surface area contributed by atoms with Gasteiger partial charge in [-0.2, -0.15) is 0 Å². The van der Waals surface area contributed by atoms with Crippen molar-refractivity contribution in [3.63, 3.8) is 0 Å². The van der Waals surface area contributed by atoms with E-state index in [0.717, 1.165) is 17.3 Å². The van der Waals surface area contributed by atoms with Crippen LogP contribution in [0.1, 0.15) is 54.9 Å². The second kappa shape index (κ2) is 14.2. The fourth-order valence-corrected chi connectivity index (χ4v) is 8.85. The molecule has 6 aromatic rings. The quantitative estimate of drug-likeness (QED) is 0.150. The van der Waals surface area contributed by atoms with Crippen LogP contribution < -0.4 is 0 Å². The Morgan fingerprint density at radius 1 is 0.415 bits per heavy atom. The molecule has 53 heavy (non-hydrogen) atoms. The van der Waals surface area contributed by atoms with Gasteiger partial charge in [-0.15, -0.1) is 0 Å². The summed E-state index contributed by atoms with van der Waals surface area (Å²) in [6.45, 7) is 9.27. The highest BCUT2D eigenvalue weighted by molar-refractivity contribution is 5.72. The zero-order chi connectivity index (χ0) is 36.6. The minimum absolute atomic E-state index is 0.0146. The summed E-state index contributed by atoms with van der Waals surface area (Å²) in [6.07, 6.45) is 4.75. The highest BCUT2D eigenvalue weighted by Crippen LogP contribution is 2.44. The van der Waals surface area contributed by atoms with Crippen molar-refractivity contribution < 1.29 is 4.48 Å². The maximum Gasteiger partial charge on any atom is 0.0794 e. The largest absolute Gasteiger partial charge is 0.328 e. The first-order chi connectivity index (χ1) is 25.6. The molecule has 2 heterocycles. The number of hydrogen-bond donors (Lipinski definition) is 0. The zero-order valence-electron chi connectivity index (χ0n) is 32.4. The molecule has 2 nitrogen and oxygen atoms in total. The summed E-state index contributed by atoms with van der Waals surface area (Å²) < 4.78 is 1.08. The lowest BCUT2D eigenvalue weighted by Gasteiger charge is -2.45. The molecule has 0 radical (unpaired) electrons. The number of piperidine rings is 2. The molecule has 0 unspecified atom stereocenters. The molecule has 268 valence electrons. The molecule has 2 aliphatic heterocycles. The molecule has 0 aromatic heterocycles. The predicted octanol–water partition coefficient (Wildman–Crippen LogP) is 11.8. The maximum atomic E-state index is 2.45. The second-order valence-electron chi connectivity index (χ2n) is 17.1. The molecular weight excluding hydrogens is 641 g/mol. The Kier molecular flexibility index (Phi) is 9.47. The Morgan fingerprint density at radius 2 is 0.698 bits per heavy atom. The topological polar surface area (TPSA) is 3.24 Å². The van der Waals surface area contributed by atoms with Crippen molar-refractivity contribution in [3.05, 3.63) is 168 Å². The highest BCUT2D eigenvalue weighted by atomic mass is 15.3.